The molecule has 1 amide bonds. The van der Waals surface area contributed by atoms with Crippen molar-refractivity contribution in [3.63, 3.8) is 0 Å². The zero-order valence-corrected chi connectivity index (χ0v) is 31.9. The molecule has 4 aromatic carbocycles. The van der Waals surface area contributed by atoms with Crippen molar-refractivity contribution in [2.24, 2.45) is 5.41 Å². The summed E-state index contributed by atoms with van der Waals surface area (Å²) in [5, 5.41) is 9.73. The van der Waals surface area contributed by atoms with Crippen LogP contribution >= 0.6 is 0 Å². The van der Waals surface area contributed by atoms with Crippen molar-refractivity contribution in [3.8, 4) is 11.6 Å². The van der Waals surface area contributed by atoms with Gasteiger partial charge in [0.15, 0.2) is 11.6 Å². The molecule has 8 aromatic rings. The van der Waals surface area contributed by atoms with E-state index in [1.165, 1.54) is 11.1 Å². The number of imidazole rings is 2. The van der Waals surface area contributed by atoms with Crippen molar-refractivity contribution in [2.75, 3.05) is 21.7 Å². The summed E-state index contributed by atoms with van der Waals surface area (Å²) in [5.74, 6) is 2.73. The Bertz CT molecular complexity index is 2580. The van der Waals surface area contributed by atoms with Gasteiger partial charge in [0.2, 0.25) is 5.91 Å². The van der Waals surface area contributed by atoms with Gasteiger partial charge < -0.3 is 21.7 Å². The zero-order valence-electron chi connectivity index (χ0n) is 31.9. The van der Waals surface area contributed by atoms with Crippen LogP contribution < -0.4 is 21.7 Å². The second-order valence-electron chi connectivity index (χ2n) is 14.5. The highest BCUT2D eigenvalue weighted by atomic mass is 16.2. The fourth-order valence-corrected chi connectivity index (χ4v) is 5.98. The molecule has 0 unspecified atom stereocenters. The number of hydrogen-bond acceptors (Lipinski definition) is 10. The molecule has 0 bridgehead atoms. The summed E-state index contributed by atoms with van der Waals surface area (Å²) in [7, 11) is 0. The molecular weight excluding hydrogens is 701 g/mol. The summed E-state index contributed by atoms with van der Waals surface area (Å²) in [6, 6.07) is 32.0. The van der Waals surface area contributed by atoms with Crippen LogP contribution in [0.15, 0.2) is 135 Å². The van der Waals surface area contributed by atoms with Crippen LogP contribution in [0.25, 0.3) is 33.7 Å². The molecule has 8 rings (SSSR count). The molecular formula is C43H44N12O. The number of nitrogens with two attached hydrogens (primary N) is 1. The summed E-state index contributed by atoms with van der Waals surface area (Å²) in [6.45, 7) is 9.83. The number of rotatable bonds is 9. The third-order valence-corrected chi connectivity index (χ3v) is 9.12. The summed E-state index contributed by atoms with van der Waals surface area (Å²) in [5.41, 5.74) is 12.6. The molecule has 282 valence electrons. The molecule has 0 aliphatic carbocycles. The smallest absolute Gasteiger partial charge is 0.229 e. The number of nitrogens with one attached hydrogen (secondary N) is 3. The van der Waals surface area contributed by atoms with Gasteiger partial charge in [0.25, 0.3) is 0 Å². The highest BCUT2D eigenvalue weighted by Gasteiger charge is 2.21. The van der Waals surface area contributed by atoms with Gasteiger partial charge in [0.1, 0.15) is 24.3 Å². The Balaban J connectivity index is 0.000000175. The van der Waals surface area contributed by atoms with E-state index in [2.05, 4.69) is 79.0 Å². The largest absolute Gasteiger partial charge is 0.399 e. The van der Waals surface area contributed by atoms with E-state index in [1.54, 1.807) is 37.4 Å². The minimum atomic E-state index is -0.464. The maximum absolute atomic E-state index is 12.3. The second kappa shape index (κ2) is 16.1. The lowest BCUT2D eigenvalue weighted by molar-refractivity contribution is -0.123. The summed E-state index contributed by atoms with van der Waals surface area (Å²) >= 11 is 0. The minimum absolute atomic E-state index is 0.0385. The van der Waals surface area contributed by atoms with E-state index in [9.17, 15) is 4.79 Å². The maximum atomic E-state index is 12.3. The van der Waals surface area contributed by atoms with Gasteiger partial charge in [-0.25, -0.2) is 19.9 Å². The molecule has 0 aliphatic rings. The summed E-state index contributed by atoms with van der Waals surface area (Å²) < 4.78 is 3.79. The van der Waals surface area contributed by atoms with Crippen molar-refractivity contribution in [3.05, 3.63) is 146 Å². The van der Waals surface area contributed by atoms with E-state index >= 15 is 0 Å². The van der Waals surface area contributed by atoms with Gasteiger partial charge in [0.05, 0.1) is 46.9 Å². The lowest BCUT2D eigenvalue weighted by Crippen LogP contribution is -2.27. The number of nitrogens with zero attached hydrogens (tertiary/aromatic N) is 8. The third kappa shape index (κ3) is 8.63. The molecule has 2 atom stereocenters. The highest BCUT2D eigenvalue weighted by Crippen LogP contribution is 2.25. The highest BCUT2D eigenvalue weighted by molar-refractivity contribution is 5.96. The summed E-state index contributed by atoms with van der Waals surface area (Å²) in [6.07, 6.45) is 10.3. The average molecular weight is 745 g/mol. The number of hydrogen-bond donors (Lipinski definition) is 4. The molecule has 0 saturated heterocycles. The molecule has 4 aromatic heterocycles. The van der Waals surface area contributed by atoms with Gasteiger partial charge in [-0.15, -0.1) is 0 Å². The number of carbonyl (C=O) groups excluding carboxylic acids is 1. The summed E-state index contributed by atoms with van der Waals surface area (Å²) in [4.78, 5) is 39.2. The van der Waals surface area contributed by atoms with Crippen LogP contribution in [-0.2, 0) is 4.79 Å². The van der Waals surface area contributed by atoms with Crippen LogP contribution in [0.3, 0.4) is 0 Å². The molecule has 5 N–H and O–H groups in total. The molecule has 4 heterocycles. The van der Waals surface area contributed by atoms with Crippen LogP contribution in [-0.4, -0.2) is 44.9 Å². The van der Waals surface area contributed by atoms with Crippen LogP contribution in [0, 0.1) is 5.41 Å². The van der Waals surface area contributed by atoms with Gasteiger partial charge in [0, 0.05) is 28.9 Å². The van der Waals surface area contributed by atoms with Crippen LogP contribution in [0.2, 0.25) is 0 Å². The van der Waals surface area contributed by atoms with Gasteiger partial charge in [-0.1, -0.05) is 81.4 Å². The quantitative estimate of drug-likeness (QED) is 0.105. The molecule has 0 saturated carbocycles. The van der Waals surface area contributed by atoms with E-state index in [1.807, 2.05) is 103 Å². The molecule has 0 aliphatic heterocycles. The van der Waals surface area contributed by atoms with E-state index in [0.29, 0.717) is 29.0 Å². The first-order valence-electron chi connectivity index (χ1n) is 18.3. The van der Waals surface area contributed by atoms with E-state index < -0.39 is 5.41 Å². The Morgan fingerprint density at radius 2 is 1.12 bits per heavy atom. The first-order chi connectivity index (χ1) is 27.0. The fourth-order valence-electron chi connectivity index (χ4n) is 5.98. The molecule has 13 nitrogen and oxygen atoms in total. The van der Waals surface area contributed by atoms with Crippen molar-refractivity contribution in [1.29, 1.82) is 0 Å². The third-order valence-electron chi connectivity index (χ3n) is 9.12. The minimum Gasteiger partial charge on any atom is -0.399 e. The zero-order chi connectivity index (χ0) is 39.2. The second-order valence-corrected chi connectivity index (χ2v) is 14.5. The number of aromatic nitrogens is 8. The number of nitrogen functional groups attached to an aromatic ring is 1. The van der Waals surface area contributed by atoms with Gasteiger partial charge in [-0.3, -0.25) is 23.9 Å². The molecule has 56 heavy (non-hydrogen) atoms. The Hall–Kier alpha value is -7.15. The predicted molar refractivity (Wildman–Crippen MR) is 223 cm³/mol. The van der Waals surface area contributed by atoms with Gasteiger partial charge in [-0.2, -0.15) is 0 Å². The standard InChI is InChI=1S/C24H26N6O.C19H18N6/c1-16(17-8-6-5-7-9-17)27-21-13-25-14-22(29-21)30-15-26-19-12-18(10-11-20(19)30)28-23(31)24(2,3)4;1-13(14-5-3-2-4-6-14)23-18-10-21-11-19(24-18)25-12-22-16-9-15(20)7-8-17(16)25/h5-16H,1-4H3,(H,27,29)(H,28,31);2-13H,20H2,1H3,(H,23,24)/t16-;13-/m00/s1. The number of amides is 1. The molecule has 0 spiro atoms. The molecule has 13 heteroatoms. The van der Waals surface area contributed by atoms with Crippen molar-refractivity contribution in [2.45, 2.75) is 46.7 Å². The first kappa shape index (κ1) is 37.2. The van der Waals surface area contributed by atoms with E-state index in [4.69, 9.17) is 10.7 Å². The normalized spacial score (nSPS) is 12.4. The Morgan fingerprint density at radius 1 is 0.643 bits per heavy atom. The van der Waals surface area contributed by atoms with Crippen molar-refractivity contribution < 1.29 is 4.79 Å². The topological polar surface area (TPSA) is 166 Å². The van der Waals surface area contributed by atoms with Crippen molar-refractivity contribution >= 4 is 51.0 Å². The monoisotopic (exact) mass is 744 g/mol. The number of fused-ring (bicyclic) bond motifs is 2. The van der Waals surface area contributed by atoms with Crippen molar-refractivity contribution in [1.82, 2.24) is 39.0 Å². The number of benzene rings is 4. The van der Waals surface area contributed by atoms with Gasteiger partial charge in [-0.05, 0) is 61.4 Å². The van der Waals surface area contributed by atoms with Crippen LogP contribution in [0.4, 0.5) is 23.0 Å². The lowest BCUT2D eigenvalue weighted by Gasteiger charge is -2.17. The molecule has 0 fully saturated rings. The van der Waals surface area contributed by atoms with Crippen LogP contribution in [0.1, 0.15) is 57.8 Å². The fraction of sp³-hybridized carbons (Fsp3) is 0.186. The lowest BCUT2D eigenvalue weighted by atomic mass is 9.95. The maximum Gasteiger partial charge on any atom is 0.229 e. The Labute approximate surface area is 325 Å². The Morgan fingerprint density at radius 3 is 1.62 bits per heavy atom. The number of carbonyl (C=O) groups is 1. The van der Waals surface area contributed by atoms with E-state index in [-0.39, 0.29) is 18.0 Å². The van der Waals surface area contributed by atoms with Crippen LogP contribution in [0.5, 0.6) is 0 Å². The predicted octanol–water partition coefficient (Wildman–Crippen LogP) is 8.54. The van der Waals surface area contributed by atoms with Gasteiger partial charge >= 0.3 is 0 Å². The van der Waals surface area contributed by atoms with E-state index in [0.717, 1.165) is 27.8 Å². The SMILES string of the molecule is C[C@H](Nc1cncc(-n2cnc3cc(N)ccc32)n1)c1ccccc1.C[C@H](Nc1cncc(-n2cnc3cc(NC(=O)C(C)(C)C)ccc32)n1)c1ccccc1. The molecule has 0 radical (unpaired) electrons. The number of anilines is 4. The Kier molecular flexibility index (Phi) is 10.7. The average Bonchev–Trinajstić information content (AvgIpc) is 3.83. The first-order valence-corrected chi connectivity index (χ1v) is 18.3.